The summed E-state index contributed by atoms with van der Waals surface area (Å²) in [5, 5.41) is 9.64. The molecule has 3 heteroatoms. The van der Waals surface area contributed by atoms with Crippen LogP contribution in [0.3, 0.4) is 0 Å². The number of aliphatic hydroxyl groups excluding tert-OH is 1. The Kier molecular flexibility index (Phi) is 5.22. The van der Waals surface area contributed by atoms with E-state index in [1.807, 2.05) is 0 Å². The fraction of sp³-hybridized carbons (Fsp3) is 0.789. The van der Waals surface area contributed by atoms with Crippen LogP contribution >= 0.6 is 0 Å². The summed E-state index contributed by atoms with van der Waals surface area (Å²) in [7, 11) is 0. The maximum Gasteiger partial charge on any atom is 0.104 e. The van der Waals surface area contributed by atoms with Gasteiger partial charge in [0.25, 0.3) is 0 Å². The Morgan fingerprint density at radius 1 is 1.32 bits per heavy atom. The number of aliphatic hydroxyl groups is 1. The van der Waals surface area contributed by atoms with E-state index in [4.69, 9.17) is 4.74 Å². The smallest absolute Gasteiger partial charge is 0.104 e. The molecular formula is C19H29FO2. The summed E-state index contributed by atoms with van der Waals surface area (Å²) in [6.07, 6.45) is 9.03. The van der Waals surface area contributed by atoms with Crippen LogP contribution in [0.4, 0.5) is 4.39 Å². The standard InChI is InChI=1S/C19H29FO2/c1-2-9-22-18-11-13(12-21)10-17(14-3-4-14)19(18)15-5-7-16(20)8-6-15/h5,13-14,16-17,21H,2-4,6-12H2,1H3/t13-,16+,17-/m1/s1. The number of allylic oxidation sites excluding steroid dienone is 4. The van der Waals surface area contributed by atoms with Crippen molar-refractivity contribution in [2.24, 2.45) is 17.8 Å². The zero-order valence-electron chi connectivity index (χ0n) is 13.7. The van der Waals surface area contributed by atoms with Crippen molar-refractivity contribution in [3.8, 4) is 0 Å². The average Bonchev–Trinajstić information content (AvgIpc) is 3.38. The van der Waals surface area contributed by atoms with Crippen molar-refractivity contribution in [2.45, 2.75) is 64.5 Å². The highest BCUT2D eigenvalue weighted by Crippen LogP contribution is 2.51. The van der Waals surface area contributed by atoms with Crippen LogP contribution < -0.4 is 0 Å². The van der Waals surface area contributed by atoms with E-state index in [1.54, 1.807) is 0 Å². The summed E-state index contributed by atoms with van der Waals surface area (Å²) in [6.45, 7) is 3.12. The van der Waals surface area contributed by atoms with Gasteiger partial charge in [-0.1, -0.05) is 13.0 Å². The molecule has 0 radical (unpaired) electrons. The summed E-state index contributed by atoms with van der Waals surface area (Å²) in [5.41, 5.74) is 2.74. The lowest BCUT2D eigenvalue weighted by Gasteiger charge is -2.35. The van der Waals surface area contributed by atoms with Crippen LogP contribution in [0, 0.1) is 17.8 Å². The Bertz CT molecular complexity index is 450. The quantitative estimate of drug-likeness (QED) is 0.780. The van der Waals surface area contributed by atoms with Crippen LogP contribution in [0.15, 0.2) is 23.0 Å². The highest BCUT2D eigenvalue weighted by atomic mass is 19.1. The molecule has 0 bridgehead atoms. The number of alkyl halides is 1. The second kappa shape index (κ2) is 7.16. The first-order valence-electron chi connectivity index (χ1n) is 9.03. The van der Waals surface area contributed by atoms with E-state index in [0.29, 0.717) is 24.7 Å². The van der Waals surface area contributed by atoms with Gasteiger partial charge in [0.05, 0.1) is 6.61 Å². The summed E-state index contributed by atoms with van der Waals surface area (Å²) < 4.78 is 19.6. The minimum atomic E-state index is -0.669. The first-order valence-corrected chi connectivity index (χ1v) is 9.03. The second-order valence-corrected chi connectivity index (χ2v) is 7.22. The number of rotatable bonds is 6. The number of hydrogen-bond donors (Lipinski definition) is 1. The third-order valence-corrected chi connectivity index (χ3v) is 5.36. The Morgan fingerprint density at radius 3 is 2.73 bits per heavy atom. The zero-order chi connectivity index (χ0) is 15.5. The third kappa shape index (κ3) is 3.56. The molecule has 3 atom stereocenters. The van der Waals surface area contributed by atoms with Gasteiger partial charge in [-0.3, -0.25) is 0 Å². The van der Waals surface area contributed by atoms with Gasteiger partial charge in [0.1, 0.15) is 11.9 Å². The minimum Gasteiger partial charge on any atom is -0.498 e. The molecule has 0 aromatic heterocycles. The molecule has 22 heavy (non-hydrogen) atoms. The number of hydrogen-bond acceptors (Lipinski definition) is 2. The number of halogens is 1. The lowest BCUT2D eigenvalue weighted by atomic mass is 9.73. The largest absolute Gasteiger partial charge is 0.498 e. The van der Waals surface area contributed by atoms with E-state index in [9.17, 15) is 9.50 Å². The maximum absolute atomic E-state index is 13.5. The fourth-order valence-electron chi connectivity index (χ4n) is 4.03. The molecule has 0 saturated heterocycles. The first kappa shape index (κ1) is 16.0. The van der Waals surface area contributed by atoms with Gasteiger partial charge >= 0.3 is 0 Å². The average molecular weight is 308 g/mol. The molecule has 0 aromatic rings. The number of ether oxygens (including phenoxy) is 1. The van der Waals surface area contributed by atoms with E-state index in [0.717, 1.165) is 44.0 Å². The Labute approximate surface area is 133 Å². The van der Waals surface area contributed by atoms with Gasteiger partial charge < -0.3 is 9.84 Å². The molecule has 0 amide bonds. The lowest BCUT2D eigenvalue weighted by molar-refractivity contribution is 0.132. The molecule has 124 valence electrons. The Hall–Kier alpha value is -0.830. The van der Waals surface area contributed by atoms with Crippen molar-refractivity contribution in [1.29, 1.82) is 0 Å². The van der Waals surface area contributed by atoms with Crippen molar-refractivity contribution in [3.63, 3.8) is 0 Å². The van der Waals surface area contributed by atoms with Gasteiger partial charge in [0, 0.05) is 13.0 Å². The Balaban J connectivity index is 1.90. The van der Waals surface area contributed by atoms with Crippen molar-refractivity contribution in [3.05, 3.63) is 23.0 Å². The van der Waals surface area contributed by atoms with Crippen LogP contribution in [-0.2, 0) is 4.74 Å². The van der Waals surface area contributed by atoms with Gasteiger partial charge in [-0.15, -0.1) is 0 Å². The van der Waals surface area contributed by atoms with Crippen molar-refractivity contribution in [2.75, 3.05) is 13.2 Å². The van der Waals surface area contributed by atoms with Gasteiger partial charge in [0.2, 0.25) is 0 Å². The van der Waals surface area contributed by atoms with Crippen LogP contribution in [0.1, 0.15) is 58.3 Å². The molecule has 0 spiro atoms. The molecule has 0 aliphatic heterocycles. The predicted octanol–water partition coefficient (Wildman–Crippen LogP) is 4.54. The first-order chi connectivity index (χ1) is 10.7. The molecule has 3 aliphatic carbocycles. The molecule has 3 aliphatic rings. The summed E-state index contributed by atoms with van der Waals surface area (Å²) in [6, 6.07) is 0. The Morgan fingerprint density at radius 2 is 2.14 bits per heavy atom. The van der Waals surface area contributed by atoms with Crippen LogP contribution in [0.25, 0.3) is 0 Å². The zero-order valence-corrected chi connectivity index (χ0v) is 13.7. The molecule has 0 aromatic carbocycles. The molecule has 2 nitrogen and oxygen atoms in total. The summed E-state index contributed by atoms with van der Waals surface area (Å²) >= 11 is 0. The van der Waals surface area contributed by atoms with E-state index < -0.39 is 6.17 Å². The van der Waals surface area contributed by atoms with Crippen LogP contribution in [0.2, 0.25) is 0 Å². The SMILES string of the molecule is CCCOC1=C(C2=CC[C@H](F)CC2)[C@@H](C2CC2)C[C@@H](CO)C1. The van der Waals surface area contributed by atoms with Crippen molar-refractivity contribution >= 4 is 0 Å². The van der Waals surface area contributed by atoms with E-state index in [1.165, 1.54) is 24.0 Å². The predicted molar refractivity (Wildman–Crippen MR) is 86.1 cm³/mol. The molecule has 1 N–H and O–H groups in total. The summed E-state index contributed by atoms with van der Waals surface area (Å²) in [5.74, 6) is 2.72. The van der Waals surface area contributed by atoms with Crippen LogP contribution in [-0.4, -0.2) is 24.5 Å². The summed E-state index contributed by atoms with van der Waals surface area (Å²) in [4.78, 5) is 0. The molecule has 1 saturated carbocycles. The fourth-order valence-corrected chi connectivity index (χ4v) is 4.03. The molecule has 3 rings (SSSR count). The topological polar surface area (TPSA) is 29.5 Å². The monoisotopic (exact) mass is 308 g/mol. The van der Waals surface area contributed by atoms with Crippen LogP contribution in [0.5, 0.6) is 0 Å². The van der Waals surface area contributed by atoms with Crippen molar-refractivity contribution in [1.82, 2.24) is 0 Å². The van der Waals surface area contributed by atoms with Gasteiger partial charge in [-0.05, 0) is 73.8 Å². The molecule has 0 heterocycles. The molecule has 1 fully saturated rings. The van der Waals surface area contributed by atoms with Gasteiger partial charge in [-0.2, -0.15) is 0 Å². The minimum absolute atomic E-state index is 0.251. The normalized spacial score (nSPS) is 32.9. The third-order valence-electron chi connectivity index (χ3n) is 5.36. The lowest BCUT2D eigenvalue weighted by Crippen LogP contribution is -2.26. The van der Waals surface area contributed by atoms with E-state index >= 15 is 0 Å². The van der Waals surface area contributed by atoms with Gasteiger partial charge in [0.15, 0.2) is 0 Å². The van der Waals surface area contributed by atoms with E-state index in [-0.39, 0.29) is 6.61 Å². The molecule has 0 unspecified atom stereocenters. The van der Waals surface area contributed by atoms with E-state index in [2.05, 4.69) is 13.0 Å². The highest BCUT2D eigenvalue weighted by molar-refractivity contribution is 5.39. The maximum atomic E-state index is 13.5. The van der Waals surface area contributed by atoms with Gasteiger partial charge in [-0.25, -0.2) is 4.39 Å². The highest BCUT2D eigenvalue weighted by Gasteiger charge is 2.41. The molecular weight excluding hydrogens is 279 g/mol. The second-order valence-electron chi connectivity index (χ2n) is 7.22. The van der Waals surface area contributed by atoms with Crippen molar-refractivity contribution < 1.29 is 14.2 Å².